The van der Waals surface area contributed by atoms with Crippen LogP contribution in [0.3, 0.4) is 0 Å². The molecule has 0 saturated carbocycles. The standard InChI is InChI=1S/C50H81NO7/c1-6-8-10-12-14-16-18-20-21-22-23-24-25-26-27-28-29-31-32-34-36-38-40-48(52)57-45-46(44-56-43-42-47(50(54)55)51(3,4)5)58-49(53)41-39-37-35-33-30-19-17-15-13-11-9-7-2/h8-11,14-17,20-21,23-24,26-27,29,31,46-47H,6-7,12-13,18-19,22,25,28,30,32-45H2,1-5H3/p+1/b10-8+,11-9+,16-14+,17-15+,21-20+,24-23+,27-26+,31-29+. The van der Waals surface area contributed by atoms with Gasteiger partial charge in [0.1, 0.15) is 6.61 Å². The predicted octanol–water partition coefficient (Wildman–Crippen LogP) is 12.3. The lowest BCUT2D eigenvalue weighted by molar-refractivity contribution is -0.887. The Morgan fingerprint density at radius 2 is 0.914 bits per heavy atom. The van der Waals surface area contributed by atoms with Crippen molar-refractivity contribution in [2.24, 2.45) is 0 Å². The van der Waals surface area contributed by atoms with Crippen LogP contribution in [0.2, 0.25) is 0 Å². The van der Waals surface area contributed by atoms with Crippen molar-refractivity contribution in [3.8, 4) is 0 Å². The van der Waals surface area contributed by atoms with E-state index in [0.717, 1.165) is 116 Å². The zero-order chi connectivity index (χ0) is 42.8. The molecule has 0 rings (SSSR count). The monoisotopic (exact) mass is 809 g/mol. The molecule has 0 aromatic carbocycles. The highest BCUT2D eigenvalue weighted by atomic mass is 16.6. The van der Waals surface area contributed by atoms with E-state index in [1.54, 1.807) is 0 Å². The number of nitrogens with zero attached hydrogens (tertiary/aromatic N) is 1. The van der Waals surface area contributed by atoms with Crippen LogP contribution in [-0.2, 0) is 28.6 Å². The zero-order valence-electron chi connectivity index (χ0n) is 37.2. The van der Waals surface area contributed by atoms with Crippen molar-refractivity contribution in [2.75, 3.05) is 41.0 Å². The van der Waals surface area contributed by atoms with Crippen LogP contribution in [0.25, 0.3) is 0 Å². The van der Waals surface area contributed by atoms with Crippen molar-refractivity contribution in [1.82, 2.24) is 0 Å². The first kappa shape index (κ1) is 54.2. The van der Waals surface area contributed by atoms with Gasteiger partial charge in [0.25, 0.3) is 0 Å². The number of carbonyl (C=O) groups excluding carboxylic acids is 2. The number of carboxylic acid groups (broad SMARTS) is 1. The second-order valence-electron chi connectivity index (χ2n) is 15.5. The molecule has 0 heterocycles. The van der Waals surface area contributed by atoms with Crippen molar-refractivity contribution >= 4 is 17.9 Å². The van der Waals surface area contributed by atoms with Gasteiger partial charge in [0, 0.05) is 19.3 Å². The quantitative estimate of drug-likeness (QED) is 0.0287. The Kier molecular flexibility index (Phi) is 37.5. The first-order valence-corrected chi connectivity index (χ1v) is 22.3. The minimum Gasteiger partial charge on any atom is -0.477 e. The van der Waals surface area contributed by atoms with Gasteiger partial charge in [-0.25, -0.2) is 4.79 Å². The number of allylic oxidation sites excluding steroid dienone is 16. The third-order valence-electron chi connectivity index (χ3n) is 9.23. The lowest BCUT2D eigenvalue weighted by Crippen LogP contribution is -2.50. The summed E-state index contributed by atoms with van der Waals surface area (Å²) in [5, 5.41) is 9.61. The van der Waals surface area contributed by atoms with Crippen LogP contribution in [-0.4, -0.2) is 80.6 Å². The minimum atomic E-state index is -0.887. The molecule has 58 heavy (non-hydrogen) atoms. The fourth-order valence-electron chi connectivity index (χ4n) is 5.84. The zero-order valence-corrected chi connectivity index (χ0v) is 37.2. The molecule has 0 saturated heterocycles. The van der Waals surface area contributed by atoms with Gasteiger partial charge in [-0.15, -0.1) is 0 Å². The van der Waals surface area contributed by atoms with Gasteiger partial charge >= 0.3 is 17.9 Å². The predicted molar refractivity (Wildman–Crippen MR) is 243 cm³/mol. The molecule has 0 aliphatic heterocycles. The largest absolute Gasteiger partial charge is 0.477 e. The van der Waals surface area contributed by atoms with E-state index in [0.29, 0.717) is 19.3 Å². The maximum absolute atomic E-state index is 12.7. The number of likely N-dealkylation sites (N-methyl/N-ethyl adjacent to an activating group) is 1. The van der Waals surface area contributed by atoms with Gasteiger partial charge in [-0.2, -0.15) is 0 Å². The fourth-order valence-corrected chi connectivity index (χ4v) is 5.84. The maximum atomic E-state index is 12.7. The van der Waals surface area contributed by atoms with Crippen molar-refractivity contribution < 1.29 is 38.2 Å². The van der Waals surface area contributed by atoms with Gasteiger partial charge in [0.2, 0.25) is 0 Å². The number of quaternary nitrogens is 1. The second kappa shape index (κ2) is 40.0. The summed E-state index contributed by atoms with van der Waals surface area (Å²) < 4.78 is 17.2. The molecule has 0 fully saturated rings. The molecule has 0 amide bonds. The van der Waals surface area contributed by atoms with Gasteiger partial charge < -0.3 is 23.8 Å². The molecule has 0 radical (unpaired) electrons. The van der Waals surface area contributed by atoms with Crippen LogP contribution in [0.15, 0.2) is 97.2 Å². The van der Waals surface area contributed by atoms with Gasteiger partial charge in [-0.3, -0.25) is 9.59 Å². The van der Waals surface area contributed by atoms with Crippen molar-refractivity contribution in [2.45, 2.75) is 161 Å². The molecule has 0 aliphatic carbocycles. The van der Waals surface area contributed by atoms with Crippen LogP contribution < -0.4 is 0 Å². The smallest absolute Gasteiger partial charge is 0.362 e. The number of unbranched alkanes of at least 4 members (excludes halogenated alkanes) is 8. The van der Waals surface area contributed by atoms with Gasteiger partial charge in [-0.1, -0.05) is 137 Å². The van der Waals surface area contributed by atoms with E-state index in [9.17, 15) is 19.5 Å². The Bertz CT molecular complexity index is 1260. The highest BCUT2D eigenvalue weighted by molar-refractivity contribution is 5.72. The van der Waals surface area contributed by atoms with Gasteiger partial charge in [0.05, 0.1) is 34.4 Å². The van der Waals surface area contributed by atoms with E-state index in [1.807, 2.05) is 21.1 Å². The molecule has 0 aromatic heterocycles. The molecule has 0 spiro atoms. The molecule has 8 nitrogen and oxygen atoms in total. The van der Waals surface area contributed by atoms with Crippen molar-refractivity contribution in [3.05, 3.63) is 97.2 Å². The summed E-state index contributed by atoms with van der Waals surface area (Å²) in [6.07, 6.45) is 53.1. The summed E-state index contributed by atoms with van der Waals surface area (Å²) in [6.45, 7) is 4.43. The molecular weight excluding hydrogens is 727 g/mol. The van der Waals surface area contributed by atoms with Crippen LogP contribution in [0.4, 0.5) is 0 Å². The lowest BCUT2D eigenvalue weighted by Gasteiger charge is -2.31. The molecule has 8 heteroatoms. The third kappa shape index (κ3) is 37.8. The average Bonchev–Trinajstić information content (AvgIpc) is 3.18. The molecular formula is C50H82NO7+. The first-order chi connectivity index (χ1) is 28.1. The van der Waals surface area contributed by atoms with Crippen molar-refractivity contribution in [3.63, 3.8) is 0 Å². The number of esters is 2. The molecule has 2 atom stereocenters. The van der Waals surface area contributed by atoms with Crippen molar-refractivity contribution in [1.29, 1.82) is 0 Å². The Morgan fingerprint density at radius 1 is 0.517 bits per heavy atom. The minimum absolute atomic E-state index is 0.0379. The van der Waals surface area contributed by atoms with Gasteiger partial charge in [0.15, 0.2) is 12.1 Å². The summed E-state index contributed by atoms with van der Waals surface area (Å²) in [7, 11) is 5.50. The average molecular weight is 809 g/mol. The number of aliphatic carboxylic acids is 1. The molecule has 1 N–H and O–H groups in total. The Labute approximate surface area is 354 Å². The lowest BCUT2D eigenvalue weighted by atomic mass is 10.1. The van der Waals surface area contributed by atoms with E-state index in [1.165, 1.54) is 0 Å². The van der Waals surface area contributed by atoms with E-state index in [2.05, 4.69) is 111 Å². The van der Waals surface area contributed by atoms with Crippen LogP contribution in [0, 0.1) is 0 Å². The number of carbonyl (C=O) groups is 3. The summed E-state index contributed by atoms with van der Waals surface area (Å²) in [5.74, 6) is -1.54. The third-order valence-corrected chi connectivity index (χ3v) is 9.23. The normalized spacial score (nSPS) is 13.9. The van der Waals surface area contributed by atoms with Crippen LogP contribution in [0.5, 0.6) is 0 Å². The van der Waals surface area contributed by atoms with E-state index >= 15 is 0 Å². The highest BCUT2D eigenvalue weighted by Crippen LogP contribution is 2.12. The fraction of sp³-hybridized carbons (Fsp3) is 0.620. The van der Waals surface area contributed by atoms with E-state index in [-0.39, 0.29) is 36.2 Å². The Morgan fingerprint density at radius 3 is 1.36 bits per heavy atom. The molecule has 328 valence electrons. The summed E-state index contributed by atoms with van der Waals surface area (Å²) >= 11 is 0. The topological polar surface area (TPSA) is 99.1 Å². The van der Waals surface area contributed by atoms with Gasteiger partial charge in [-0.05, 0) is 89.9 Å². The number of hydrogen-bond acceptors (Lipinski definition) is 6. The molecule has 0 aliphatic rings. The SMILES string of the molecule is CC/C=C/C/C=C/C/C=C/C/C=C/C/C=C/C/C=C/CCCCCC(=O)OCC(COCCC(C(=O)O)[N+](C)(C)C)OC(=O)CCCCCCC/C=C/C/C=C/CC. The van der Waals surface area contributed by atoms with E-state index < -0.39 is 18.1 Å². The number of rotatable bonds is 38. The summed E-state index contributed by atoms with van der Waals surface area (Å²) in [6, 6.07) is -0.628. The summed E-state index contributed by atoms with van der Waals surface area (Å²) in [5.41, 5.74) is 0. The molecule has 0 bridgehead atoms. The highest BCUT2D eigenvalue weighted by Gasteiger charge is 2.31. The maximum Gasteiger partial charge on any atom is 0.362 e. The summed E-state index contributed by atoms with van der Waals surface area (Å²) in [4.78, 5) is 37.0. The van der Waals surface area contributed by atoms with E-state index in [4.69, 9.17) is 14.2 Å². The number of hydrogen-bond donors (Lipinski definition) is 1. The molecule has 0 aromatic rings. The Balaban J connectivity index is 4.40. The number of ether oxygens (including phenoxy) is 3. The molecule has 2 unspecified atom stereocenters. The first-order valence-electron chi connectivity index (χ1n) is 22.3. The number of carboxylic acids is 1. The van der Waals surface area contributed by atoms with Crippen LogP contribution in [0.1, 0.15) is 149 Å². The second-order valence-corrected chi connectivity index (χ2v) is 15.5. The van der Waals surface area contributed by atoms with Crippen LogP contribution >= 0.6 is 0 Å². The Hall–Kier alpha value is -3.75.